The van der Waals surface area contributed by atoms with Crippen molar-refractivity contribution in [3.63, 3.8) is 0 Å². The predicted octanol–water partition coefficient (Wildman–Crippen LogP) is 1.95. The van der Waals surface area contributed by atoms with Gasteiger partial charge in [0.15, 0.2) is 0 Å². The van der Waals surface area contributed by atoms with Gasteiger partial charge in [-0.1, -0.05) is 13.8 Å². The lowest BCUT2D eigenvalue weighted by atomic mass is 10.1. The van der Waals surface area contributed by atoms with Gasteiger partial charge >= 0.3 is 0 Å². The lowest BCUT2D eigenvalue weighted by Gasteiger charge is -2.27. The minimum atomic E-state index is -3.46. The fourth-order valence-corrected chi connectivity index (χ4v) is 3.28. The molecular weight excluding hydrogens is 288 g/mol. The van der Waals surface area contributed by atoms with E-state index in [4.69, 9.17) is 4.74 Å². The van der Waals surface area contributed by atoms with Gasteiger partial charge < -0.3 is 10.1 Å². The highest BCUT2D eigenvalue weighted by Gasteiger charge is 2.26. The standard InChI is InChI=1S/C15H26N2O3S/c1-12(2)13(3)17(5)21(18,19)15-8-6-14(7-9-15)20-11-10-16-4/h6-9,12-13,16H,10-11H2,1-5H3. The molecule has 21 heavy (non-hydrogen) atoms. The van der Waals surface area contributed by atoms with Gasteiger partial charge in [-0.3, -0.25) is 0 Å². The molecule has 0 aliphatic carbocycles. The van der Waals surface area contributed by atoms with E-state index in [1.807, 2.05) is 27.8 Å². The third kappa shape index (κ3) is 4.69. The Labute approximate surface area is 128 Å². The molecule has 5 nitrogen and oxygen atoms in total. The molecule has 1 N–H and O–H groups in total. The summed E-state index contributed by atoms with van der Waals surface area (Å²) in [5, 5.41) is 2.98. The van der Waals surface area contributed by atoms with E-state index in [9.17, 15) is 8.42 Å². The number of benzene rings is 1. The summed E-state index contributed by atoms with van der Waals surface area (Å²) in [4.78, 5) is 0.290. The number of rotatable bonds is 8. The molecule has 0 fully saturated rings. The molecule has 6 heteroatoms. The van der Waals surface area contributed by atoms with Crippen LogP contribution in [0.5, 0.6) is 5.75 Å². The Hall–Kier alpha value is -1.11. The summed E-state index contributed by atoms with van der Waals surface area (Å²) < 4.78 is 32.0. The van der Waals surface area contributed by atoms with Gasteiger partial charge in [0.1, 0.15) is 12.4 Å². The molecule has 1 aromatic rings. The maximum Gasteiger partial charge on any atom is 0.243 e. The third-order valence-electron chi connectivity index (χ3n) is 3.66. The highest BCUT2D eigenvalue weighted by Crippen LogP contribution is 2.22. The number of nitrogens with one attached hydrogen (secondary N) is 1. The van der Waals surface area contributed by atoms with E-state index in [0.29, 0.717) is 17.3 Å². The second-order valence-corrected chi connectivity index (χ2v) is 7.43. The Morgan fingerprint density at radius 2 is 1.76 bits per heavy atom. The molecule has 0 bridgehead atoms. The second-order valence-electron chi connectivity index (χ2n) is 5.43. The minimum absolute atomic E-state index is 0.0541. The first kappa shape index (κ1) is 17.9. The van der Waals surface area contributed by atoms with E-state index < -0.39 is 10.0 Å². The van der Waals surface area contributed by atoms with Crippen molar-refractivity contribution in [2.45, 2.75) is 31.7 Å². The van der Waals surface area contributed by atoms with Crippen molar-refractivity contribution in [2.75, 3.05) is 27.2 Å². The fourth-order valence-electron chi connectivity index (χ4n) is 1.78. The van der Waals surface area contributed by atoms with Gasteiger partial charge in [0.2, 0.25) is 10.0 Å². The van der Waals surface area contributed by atoms with Crippen molar-refractivity contribution in [1.82, 2.24) is 9.62 Å². The van der Waals surface area contributed by atoms with Crippen LogP contribution in [0.1, 0.15) is 20.8 Å². The molecule has 0 aromatic heterocycles. The first-order valence-corrected chi connectivity index (χ1v) is 8.60. The van der Waals surface area contributed by atoms with Crippen molar-refractivity contribution in [3.8, 4) is 5.75 Å². The zero-order valence-electron chi connectivity index (χ0n) is 13.5. The first-order valence-electron chi connectivity index (χ1n) is 7.16. The largest absolute Gasteiger partial charge is 0.492 e. The molecule has 120 valence electrons. The topological polar surface area (TPSA) is 58.6 Å². The Bertz CT molecular complexity index is 526. The van der Waals surface area contributed by atoms with Crippen LogP contribution in [0.2, 0.25) is 0 Å². The molecule has 0 aliphatic heterocycles. The average molecular weight is 314 g/mol. The van der Waals surface area contributed by atoms with Crippen molar-refractivity contribution < 1.29 is 13.2 Å². The number of nitrogens with zero attached hydrogens (tertiary/aromatic N) is 1. The van der Waals surface area contributed by atoms with Crippen LogP contribution >= 0.6 is 0 Å². The van der Waals surface area contributed by atoms with Crippen LogP contribution in [-0.2, 0) is 10.0 Å². The molecule has 0 saturated heterocycles. The number of likely N-dealkylation sites (N-methyl/N-ethyl adjacent to an activating group) is 1. The van der Waals surface area contributed by atoms with E-state index >= 15 is 0 Å². The van der Waals surface area contributed by atoms with Crippen LogP contribution in [0.3, 0.4) is 0 Å². The Balaban J connectivity index is 2.84. The summed E-state index contributed by atoms with van der Waals surface area (Å²) in [6, 6.07) is 6.51. The zero-order chi connectivity index (χ0) is 16.0. The van der Waals surface area contributed by atoms with Crippen LogP contribution in [0, 0.1) is 5.92 Å². The molecule has 0 amide bonds. The van der Waals surface area contributed by atoms with Crippen LogP contribution < -0.4 is 10.1 Å². The molecular formula is C15H26N2O3S. The third-order valence-corrected chi connectivity index (χ3v) is 5.62. The van der Waals surface area contributed by atoms with Crippen molar-refractivity contribution in [1.29, 1.82) is 0 Å². The van der Waals surface area contributed by atoms with Crippen LogP contribution in [-0.4, -0.2) is 46.0 Å². The highest BCUT2D eigenvalue weighted by molar-refractivity contribution is 7.89. The lowest BCUT2D eigenvalue weighted by molar-refractivity contribution is 0.314. The Kier molecular flexibility index (Phi) is 6.64. The number of hydrogen-bond donors (Lipinski definition) is 1. The molecule has 1 unspecified atom stereocenters. The molecule has 0 spiro atoms. The maximum atomic E-state index is 12.5. The van der Waals surface area contributed by atoms with Gasteiger partial charge in [-0.2, -0.15) is 4.31 Å². The summed E-state index contributed by atoms with van der Waals surface area (Å²) in [5.74, 6) is 0.928. The number of hydrogen-bond acceptors (Lipinski definition) is 4. The van der Waals surface area contributed by atoms with Gasteiger partial charge in [-0.15, -0.1) is 0 Å². The highest BCUT2D eigenvalue weighted by atomic mass is 32.2. The monoisotopic (exact) mass is 314 g/mol. The van der Waals surface area contributed by atoms with E-state index in [1.165, 1.54) is 4.31 Å². The molecule has 1 rings (SSSR count). The second kappa shape index (κ2) is 7.77. The SMILES string of the molecule is CNCCOc1ccc(S(=O)(=O)N(C)C(C)C(C)C)cc1. The van der Waals surface area contributed by atoms with Gasteiger partial charge in [0.05, 0.1) is 4.90 Å². The molecule has 0 aliphatic rings. The van der Waals surface area contributed by atoms with Crippen LogP contribution in [0.15, 0.2) is 29.2 Å². The Morgan fingerprint density at radius 3 is 2.24 bits per heavy atom. The summed E-state index contributed by atoms with van der Waals surface area (Å²) in [7, 11) is 0.0146. The number of ether oxygens (including phenoxy) is 1. The summed E-state index contributed by atoms with van der Waals surface area (Å²) in [5.41, 5.74) is 0. The minimum Gasteiger partial charge on any atom is -0.492 e. The smallest absolute Gasteiger partial charge is 0.243 e. The van der Waals surface area contributed by atoms with E-state index in [1.54, 1.807) is 31.3 Å². The van der Waals surface area contributed by atoms with Crippen molar-refractivity contribution in [2.24, 2.45) is 5.92 Å². The summed E-state index contributed by atoms with van der Waals surface area (Å²) >= 11 is 0. The van der Waals surface area contributed by atoms with Gasteiger partial charge in [0.25, 0.3) is 0 Å². The normalized spacial score (nSPS) is 13.7. The van der Waals surface area contributed by atoms with E-state index in [2.05, 4.69) is 5.32 Å². The van der Waals surface area contributed by atoms with Crippen molar-refractivity contribution in [3.05, 3.63) is 24.3 Å². The lowest BCUT2D eigenvalue weighted by Crippen LogP contribution is -2.38. The fraction of sp³-hybridized carbons (Fsp3) is 0.600. The number of sulfonamides is 1. The van der Waals surface area contributed by atoms with Crippen LogP contribution in [0.25, 0.3) is 0 Å². The maximum absolute atomic E-state index is 12.5. The van der Waals surface area contributed by atoms with Crippen LogP contribution in [0.4, 0.5) is 0 Å². The van der Waals surface area contributed by atoms with E-state index in [-0.39, 0.29) is 12.0 Å². The Morgan fingerprint density at radius 1 is 1.19 bits per heavy atom. The predicted molar refractivity (Wildman–Crippen MR) is 85.1 cm³/mol. The van der Waals surface area contributed by atoms with Gasteiger partial charge in [-0.05, 0) is 44.2 Å². The first-order chi connectivity index (χ1) is 9.80. The molecule has 1 aromatic carbocycles. The molecule has 0 radical (unpaired) electrons. The van der Waals surface area contributed by atoms with Crippen molar-refractivity contribution >= 4 is 10.0 Å². The van der Waals surface area contributed by atoms with Gasteiger partial charge in [-0.25, -0.2) is 8.42 Å². The molecule has 1 atom stereocenters. The average Bonchev–Trinajstić information content (AvgIpc) is 2.46. The molecule has 0 saturated carbocycles. The zero-order valence-corrected chi connectivity index (χ0v) is 14.3. The quantitative estimate of drug-likeness (QED) is 0.745. The van der Waals surface area contributed by atoms with Gasteiger partial charge in [0, 0.05) is 19.6 Å². The summed E-state index contributed by atoms with van der Waals surface area (Å²) in [6.07, 6.45) is 0. The summed E-state index contributed by atoms with van der Waals surface area (Å²) in [6.45, 7) is 7.23. The van der Waals surface area contributed by atoms with E-state index in [0.717, 1.165) is 6.54 Å². The molecule has 0 heterocycles.